The summed E-state index contributed by atoms with van der Waals surface area (Å²) in [4.78, 5) is 12.9. The average Bonchev–Trinajstić information content (AvgIpc) is 2.96. The van der Waals surface area contributed by atoms with Crippen molar-refractivity contribution in [1.29, 1.82) is 0 Å². The number of aromatic nitrogens is 2. The van der Waals surface area contributed by atoms with Crippen molar-refractivity contribution in [3.05, 3.63) is 28.1 Å². The van der Waals surface area contributed by atoms with E-state index in [1.807, 2.05) is 24.4 Å². The maximum absolute atomic E-state index is 11.8. The molecule has 0 spiro atoms. The molecule has 2 aromatic rings. The summed E-state index contributed by atoms with van der Waals surface area (Å²) in [5, 5.41) is 11.6. The van der Waals surface area contributed by atoms with Gasteiger partial charge >= 0.3 is 0 Å². The van der Waals surface area contributed by atoms with Gasteiger partial charge in [0, 0.05) is 4.88 Å². The number of hydrogen-bond donors (Lipinski definition) is 2. The Kier molecular flexibility index (Phi) is 3.38. The van der Waals surface area contributed by atoms with Crippen molar-refractivity contribution in [2.75, 3.05) is 5.73 Å². The number of rotatable bonds is 4. The van der Waals surface area contributed by atoms with Gasteiger partial charge in [-0.15, -0.1) is 11.3 Å². The Morgan fingerprint density at radius 3 is 3.00 bits per heavy atom. The van der Waals surface area contributed by atoms with Crippen LogP contribution in [0, 0.1) is 0 Å². The van der Waals surface area contributed by atoms with Crippen molar-refractivity contribution in [3.63, 3.8) is 0 Å². The zero-order valence-electron chi connectivity index (χ0n) is 9.21. The standard InChI is InChI=1S/C10H12N4O2S/c1-2-6(7-4-3-5-17-7)12-10(15)8-9(11)14-16-13-8/h3-6H,2H2,1H3,(H2,11,14)(H,12,15). The van der Waals surface area contributed by atoms with Crippen molar-refractivity contribution in [1.82, 2.24) is 15.6 Å². The molecule has 0 bridgehead atoms. The minimum atomic E-state index is -0.371. The van der Waals surface area contributed by atoms with Gasteiger partial charge in [0.1, 0.15) is 0 Å². The number of thiophene rings is 1. The number of hydrogen-bond acceptors (Lipinski definition) is 6. The fraction of sp³-hybridized carbons (Fsp3) is 0.300. The molecule has 3 N–H and O–H groups in total. The van der Waals surface area contributed by atoms with Crippen LogP contribution in [0.3, 0.4) is 0 Å². The number of carbonyl (C=O) groups excluding carboxylic acids is 1. The molecule has 0 aliphatic carbocycles. The Balaban J connectivity index is 2.10. The summed E-state index contributed by atoms with van der Waals surface area (Å²) in [5.74, 6) is -0.368. The van der Waals surface area contributed by atoms with E-state index in [0.29, 0.717) is 0 Å². The van der Waals surface area contributed by atoms with Gasteiger partial charge in [-0.05, 0) is 28.2 Å². The third-order valence-electron chi connectivity index (χ3n) is 2.33. The topological polar surface area (TPSA) is 94.0 Å². The van der Waals surface area contributed by atoms with Crippen LogP contribution in [-0.4, -0.2) is 16.2 Å². The molecule has 0 radical (unpaired) electrons. The lowest BCUT2D eigenvalue weighted by Crippen LogP contribution is -2.28. The van der Waals surface area contributed by atoms with E-state index in [2.05, 4.69) is 20.3 Å². The van der Waals surface area contributed by atoms with Gasteiger partial charge in [0.2, 0.25) is 11.5 Å². The zero-order valence-corrected chi connectivity index (χ0v) is 10.0. The Hall–Kier alpha value is -1.89. The first-order valence-corrected chi connectivity index (χ1v) is 6.02. The van der Waals surface area contributed by atoms with Crippen LogP contribution in [0.4, 0.5) is 5.82 Å². The Bertz CT molecular complexity index is 494. The van der Waals surface area contributed by atoms with Gasteiger partial charge in [-0.3, -0.25) is 4.79 Å². The summed E-state index contributed by atoms with van der Waals surface area (Å²) in [6, 6.07) is 3.88. The van der Waals surface area contributed by atoms with Crippen LogP contribution in [0.25, 0.3) is 0 Å². The van der Waals surface area contributed by atoms with Crippen molar-refractivity contribution in [3.8, 4) is 0 Å². The lowest BCUT2D eigenvalue weighted by atomic mass is 10.2. The molecule has 0 fully saturated rings. The lowest BCUT2D eigenvalue weighted by molar-refractivity contribution is 0.0927. The third kappa shape index (κ3) is 2.44. The third-order valence-corrected chi connectivity index (χ3v) is 3.32. The number of nitrogens with one attached hydrogen (secondary N) is 1. The van der Waals surface area contributed by atoms with E-state index < -0.39 is 0 Å². The molecule has 0 aliphatic heterocycles. The lowest BCUT2D eigenvalue weighted by Gasteiger charge is -2.14. The van der Waals surface area contributed by atoms with E-state index in [9.17, 15) is 4.79 Å². The maximum Gasteiger partial charge on any atom is 0.277 e. The highest BCUT2D eigenvalue weighted by Gasteiger charge is 2.20. The number of anilines is 1. The van der Waals surface area contributed by atoms with Gasteiger partial charge in [-0.1, -0.05) is 13.0 Å². The molecular weight excluding hydrogens is 240 g/mol. The van der Waals surface area contributed by atoms with Gasteiger partial charge in [-0.25, -0.2) is 4.63 Å². The molecule has 0 aromatic carbocycles. The van der Waals surface area contributed by atoms with Crippen LogP contribution in [-0.2, 0) is 0 Å². The molecule has 2 aromatic heterocycles. The Labute approximate surface area is 102 Å². The molecular formula is C10H12N4O2S. The first-order chi connectivity index (χ1) is 8.22. The maximum atomic E-state index is 11.8. The number of nitrogens with zero attached hydrogens (tertiary/aromatic N) is 2. The average molecular weight is 252 g/mol. The van der Waals surface area contributed by atoms with Gasteiger partial charge < -0.3 is 11.1 Å². The van der Waals surface area contributed by atoms with E-state index in [0.717, 1.165) is 11.3 Å². The number of carbonyl (C=O) groups is 1. The summed E-state index contributed by atoms with van der Waals surface area (Å²) < 4.78 is 4.39. The zero-order chi connectivity index (χ0) is 12.3. The number of nitrogen functional groups attached to an aromatic ring is 1. The predicted molar refractivity (Wildman–Crippen MR) is 63.5 cm³/mol. The van der Waals surface area contributed by atoms with E-state index in [4.69, 9.17) is 5.73 Å². The highest BCUT2D eigenvalue weighted by Crippen LogP contribution is 2.22. The van der Waals surface area contributed by atoms with E-state index in [1.54, 1.807) is 11.3 Å². The second-order valence-corrected chi connectivity index (χ2v) is 4.43. The highest BCUT2D eigenvalue weighted by atomic mass is 32.1. The van der Waals surface area contributed by atoms with Crippen LogP contribution in [0.5, 0.6) is 0 Å². The van der Waals surface area contributed by atoms with Crippen molar-refractivity contribution in [2.24, 2.45) is 0 Å². The van der Waals surface area contributed by atoms with Crippen LogP contribution in [0.2, 0.25) is 0 Å². The SMILES string of the molecule is CCC(NC(=O)c1nonc1N)c1cccs1. The predicted octanol–water partition coefficient (Wildman–Crippen LogP) is 1.59. The Morgan fingerprint density at radius 1 is 1.65 bits per heavy atom. The molecule has 1 unspecified atom stereocenters. The van der Waals surface area contributed by atoms with Crippen LogP contribution in [0.1, 0.15) is 34.8 Å². The molecule has 17 heavy (non-hydrogen) atoms. The van der Waals surface area contributed by atoms with Gasteiger partial charge in [0.25, 0.3) is 5.91 Å². The molecule has 1 amide bonds. The summed E-state index contributed by atoms with van der Waals surface area (Å²) in [6.07, 6.45) is 0.789. The quantitative estimate of drug-likeness (QED) is 0.861. The minimum absolute atomic E-state index is 0.00327. The first kappa shape index (κ1) is 11.6. The van der Waals surface area contributed by atoms with E-state index in [1.165, 1.54) is 0 Å². The number of nitrogens with two attached hydrogens (primary N) is 1. The van der Waals surface area contributed by atoms with Crippen molar-refractivity contribution < 1.29 is 9.42 Å². The molecule has 0 saturated heterocycles. The monoisotopic (exact) mass is 252 g/mol. The van der Waals surface area contributed by atoms with Gasteiger partial charge in [-0.2, -0.15) is 0 Å². The summed E-state index contributed by atoms with van der Waals surface area (Å²) in [7, 11) is 0. The van der Waals surface area contributed by atoms with E-state index in [-0.39, 0.29) is 23.5 Å². The minimum Gasteiger partial charge on any atom is -0.379 e. The Morgan fingerprint density at radius 2 is 2.47 bits per heavy atom. The first-order valence-electron chi connectivity index (χ1n) is 5.14. The number of amides is 1. The van der Waals surface area contributed by atoms with Crippen molar-refractivity contribution in [2.45, 2.75) is 19.4 Å². The summed E-state index contributed by atoms with van der Waals surface area (Å²) in [5.41, 5.74) is 5.48. The van der Waals surface area contributed by atoms with Gasteiger partial charge in [0.05, 0.1) is 6.04 Å². The van der Waals surface area contributed by atoms with Crippen molar-refractivity contribution >= 4 is 23.1 Å². The van der Waals surface area contributed by atoms with E-state index >= 15 is 0 Å². The smallest absolute Gasteiger partial charge is 0.277 e. The highest BCUT2D eigenvalue weighted by molar-refractivity contribution is 7.10. The summed E-state index contributed by atoms with van der Waals surface area (Å²) >= 11 is 1.59. The molecule has 1 atom stereocenters. The summed E-state index contributed by atoms with van der Waals surface area (Å²) in [6.45, 7) is 2.00. The largest absolute Gasteiger partial charge is 0.379 e. The second-order valence-electron chi connectivity index (χ2n) is 3.45. The van der Waals surface area contributed by atoms with Gasteiger partial charge in [0.15, 0.2) is 0 Å². The molecule has 7 heteroatoms. The van der Waals surface area contributed by atoms with Crippen LogP contribution in [0.15, 0.2) is 22.1 Å². The molecule has 0 aliphatic rings. The second kappa shape index (κ2) is 4.96. The van der Waals surface area contributed by atoms with Crippen LogP contribution >= 0.6 is 11.3 Å². The molecule has 2 rings (SSSR count). The van der Waals surface area contributed by atoms with Crippen LogP contribution < -0.4 is 11.1 Å². The molecule has 6 nitrogen and oxygen atoms in total. The molecule has 0 saturated carbocycles. The molecule has 2 heterocycles. The fourth-order valence-corrected chi connectivity index (χ4v) is 2.30. The molecule has 90 valence electrons. The normalized spacial score (nSPS) is 12.3. The fourth-order valence-electron chi connectivity index (χ4n) is 1.44.